The molecule has 0 aliphatic heterocycles. The summed E-state index contributed by atoms with van der Waals surface area (Å²) in [5, 5.41) is 9.82. The van der Waals surface area contributed by atoms with Crippen molar-refractivity contribution in [2.75, 3.05) is 0 Å². The summed E-state index contributed by atoms with van der Waals surface area (Å²) in [5.41, 5.74) is 17.5. The second-order valence-electron chi connectivity index (χ2n) is 19.7. The van der Waals surface area contributed by atoms with Crippen LogP contribution in [-0.2, 0) is 0 Å². The van der Waals surface area contributed by atoms with Gasteiger partial charge in [-0.1, -0.05) is 164 Å². The molecule has 0 aliphatic rings. The smallest absolute Gasteiger partial charge is 0.235 e. The lowest BCUT2D eigenvalue weighted by Gasteiger charge is -2.14. The van der Waals surface area contributed by atoms with Crippen LogP contribution in [0.2, 0.25) is 0 Å². The van der Waals surface area contributed by atoms with E-state index in [0.717, 1.165) is 72.3 Å². The maximum atomic E-state index is 5.52. The van der Waals surface area contributed by atoms with Crippen LogP contribution in [0.15, 0.2) is 261 Å². The van der Waals surface area contributed by atoms with E-state index in [1.54, 1.807) is 0 Å². The highest BCUT2D eigenvalue weighted by Crippen LogP contribution is 2.43. The van der Waals surface area contributed by atoms with Crippen molar-refractivity contribution in [2.45, 2.75) is 0 Å². The molecule has 0 unspecified atom stereocenters. The van der Waals surface area contributed by atoms with Crippen molar-refractivity contribution < 1.29 is 0 Å². The molecular formula is C70H43N5S. The molecule has 0 bridgehead atoms. The summed E-state index contributed by atoms with van der Waals surface area (Å²) in [4.78, 5) is 10.9. The third kappa shape index (κ3) is 6.57. The van der Waals surface area contributed by atoms with Crippen LogP contribution in [0.25, 0.3) is 148 Å². The van der Waals surface area contributed by atoms with E-state index < -0.39 is 0 Å². The van der Waals surface area contributed by atoms with Gasteiger partial charge in [0, 0.05) is 75.0 Å². The summed E-state index contributed by atoms with van der Waals surface area (Å²) in [6.45, 7) is 0. The molecule has 16 aromatic rings. The first-order chi connectivity index (χ1) is 37.7. The quantitative estimate of drug-likeness (QED) is 0.160. The summed E-state index contributed by atoms with van der Waals surface area (Å²) in [6.07, 6.45) is 0. The van der Waals surface area contributed by atoms with Gasteiger partial charge < -0.3 is 9.13 Å². The third-order valence-electron chi connectivity index (χ3n) is 15.5. The van der Waals surface area contributed by atoms with Crippen molar-refractivity contribution in [3.8, 4) is 62.1 Å². The lowest BCUT2D eigenvalue weighted by atomic mass is 9.98. The van der Waals surface area contributed by atoms with Gasteiger partial charge in [0.1, 0.15) is 0 Å². The molecule has 0 amide bonds. The molecule has 6 heteroatoms. The van der Waals surface area contributed by atoms with Crippen LogP contribution in [0.3, 0.4) is 0 Å². The van der Waals surface area contributed by atoms with Crippen molar-refractivity contribution in [3.63, 3.8) is 0 Å². The predicted octanol–water partition coefficient (Wildman–Crippen LogP) is 18.8. The summed E-state index contributed by atoms with van der Waals surface area (Å²) >= 11 is 1.86. The van der Waals surface area contributed by atoms with Crippen LogP contribution in [-0.4, -0.2) is 23.7 Å². The molecule has 5 heterocycles. The van der Waals surface area contributed by atoms with Crippen molar-refractivity contribution in [1.29, 1.82) is 0 Å². The van der Waals surface area contributed by atoms with Gasteiger partial charge in [-0.25, -0.2) is 9.97 Å². The summed E-state index contributed by atoms with van der Waals surface area (Å²) in [5.74, 6) is 0.619. The maximum absolute atomic E-state index is 5.52. The molecule has 16 rings (SSSR count). The SMILES string of the molecule is c1ccc(-c2cc(-c3cccc(-n4c5ccccc5c5cc(-c6cccc7sc8ccccc8c67)ccc54)c3)nc(-n3c4ccccc4c4cc(-c5ccc6c(c5)c5ccccc5n6-c5ccccc5)ccc43)n2)cc1. The molecule has 76 heavy (non-hydrogen) atoms. The molecule has 0 spiro atoms. The molecular weight excluding hydrogens is 943 g/mol. The molecule has 11 aromatic carbocycles. The van der Waals surface area contributed by atoms with E-state index in [1.807, 2.05) is 11.3 Å². The van der Waals surface area contributed by atoms with E-state index >= 15 is 0 Å². The zero-order valence-electron chi connectivity index (χ0n) is 41.0. The minimum Gasteiger partial charge on any atom is -0.309 e. The molecule has 0 N–H and O–H groups in total. The Bertz CT molecular complexity index is 5000. The van der Waals surface area contributed by atoms with Gasteiger partial charge in [0.15, 0.2) is 0 Å². The minimum atomic E-state index is 0.619. The van der Waals surface area contributed by atoms with Gasteiger partial charge >= 0.3 is 0 Å². The number of fused-ring (bicyclic) bond motifs is 12. The van der Waals surface area contributed by atoms with Gasteiger partial charge in [0.2, 0.25) is 5.95 Å². The molecule has 0 aliphatic carbocycles. The Hall–Kier alpha value is -9.88. The van der Waals surface area contributed by atoms with Crippen LogP contribution in [0.5, 0.6) is 0 Å². The second-order valence-corrected chi connectivity index (χ2v) is 20.8. The molecule has 0 saturated heterocycles. The Labute approximate surface area is 441 Å². The standard InChI is InChI=1S/C70H43N5S/c1-3-17-44(18-4-1)59-43-60(48-19-15-22-50(39-48)74-62-29-12-8-24-53(62)58-42-47(35-38-65(58)74)51-27-16-32-68-69(51)55-26-10-14-31-67(55)76-68)72-70(71-59)75-63-30-13-9-25-54(63)57-41-46(34-37-66(57)75)45-33-36-64-56(40-45)52-23-7-11-28-61(52)73(64)49-20-5-2-6-21-49/h1-43H. The van der Waals surface area contributed by atoms with Gasteiger partial charge in [-0.3, -0.25) is 4.57 Å². The topological polar surface area (TPSA) is 40.6 Å². The molecule has 5 aromatic heterocycles. The normalized spacial score (nSPS) is 11.9. The largest absolute Gasteiger partial charge is 0.309 e. The molecule has 0 saturated carbocycles. The number of nitrogens with zero attached hydrogens (tertiary/aromatic N) is 5. The molecule has 0 atom stereocenters. The Morgan fingerprint density at radius 3 is 1.37 bits per heavy atom. The summed E-state index contributed by atoms with van der Waals surface area (Å²) < 4.78 is 9.64. The fraction of sp³-hybridized carbons (Fsp3) is 0. The molecule has 0 fully saturated rings. The first-order valence-electron chi connectivity index (χ1n) is 25.8. The Morgan fingerprint density at radius 2 is 0.711 bits per heavy atom. The number of hydrogen-bond acceptors (Lipinski definition) is 3. The number of thiophene rings is 1. The zero-order chi connectivity index (χ0) is 49.8. The number of benzene rings is 11. The van der Waals surface area contributed by atoms with Crippen LogP contribution in [0.1, 0.15) is 0 Å². The van der Waals surface area contributed by atoms with Crippen LogP contribution < -0.4 is 0 Å². The molecule has 0 radical (unpaired) electrons. The third-order valence-corrected chi connectivity index (χ3v) is 16.6. The summed E-state index contributed by atoms with van der Waals surface area (Å²) in [7, 11) is 0. The highest BCUT2D eigenvalue weighted by molar-refractivity contribution is 7.25. The molecule has 354 valence electrons. The maximum Gasteiger partial charge on any atom is 0.235 e. The number of para-hydroxylation sites is 4. The van der Waals surface area contributed by atoms with E-state index in [-0.39, 0.29) is 0 Å². The zero-order valence-corrected chi connectivity index (χ0v) is 41.8. The number of hydrogen-bond donors (Lipinski definition) is 0. The first-order valence-corrected chi connectivity index (χ1v) is 26.6. The van der Waals surface area contributed by atoms with E-state index in [2.05, 4.69) is 275 Å². The Balaban J connectivity index is 0.838. The van der Waals surface area contributed by atoms with Crippen LogP contribution in [0.4, 0.5) is 0 Å². The average Bonchev–Trinajstić information content (AvgIpc) is 4.24. The van der Waals surface area contributed by atoms with Crippen molar-refractivity contribution in [2.24, 2.45) is 0 Å². The number of rotatable bonds is 7. The molecule has 5 nitrogen and oxygen atoms in total. The van der Waals surface area contributed by atoms with Crippen LogP contribution in [0, 0.1) is 0 Å². The number of aromatic nitrogens is 5. The highest BCUT2D eigenvalue weighted by atomic mass is 32.1. The fourth-order valence-corrected chi connectivity index (χ4v) is 13.2. The highest BCUT2D eigenvalue weighted by Gasteiger charge is 2.21. The van der Waals surface area contributed by atoms with Crippen LogP contribution >= 0.6 is 11.3 Å². The van der Waals surface area contributed by atoms with Gasteiger partial charge in [-0.15, -0.1) is 11.3 Å². The van der Waals surface area contributed by atoms with Crippen molar-refractivity contribution >= 4 is 96.9 Å². The van der Waals surface area contributed by atoms with E-state index in [1.165, 1.54) is 69.4 Å². The predicted molar refractivity (Wildman–Crippen MR) is 320 cm³/mol. The van der Waals surface area contributed by atoms with Crippen molar-refractivity contribution in [3.05, 3.63) is 261 Å². The van der Waals surface area contributed by atoms with Gasteiger partial charge in [-0.05, 0) is 119 Å². The minimum absolute atomic E-state index is 0.619. The van der Waals surface area contributed by atoms with Gasteiger partial charge in [-0.2, -0.15) is 0 Å². The Morgan fingerprint density at radius 1 is 0.263 bits per heavy atom. The van der Waals surface area contributed by atoms with E-state index in [4.69, 9.17) is 9.97 Å². The Kier molecular flexibility index (Phi) is 9.44. The fourth-order valence-electron chi connectivity index (χ4n) is 12.1. The first kappa shape index (κ1) is 42.6. The van der Waals surface area contributed by atoms with E-state index in [9.17, 15) is 0 Å². The van der Waals surface area contributed by atoms with E-state index in [0.29, 0.717) is 5.95 Å². The lowest BCUT2D eigenvalue weighted by Crippen LogP contribution is -2.04. The summed E-state index contributed by atoms with van der Waals surface area (Å²) in [6, 6.07) is 94.4. The lowest BCUT2D eigenvalue weighted by molar-refractivity contribution is 0.995. The monoisotopic (exact) mass is 985 g/mol. The average molecular weight is 986 g/mol. The second kappa shape index (κ2) is 16.8. The van der Waals surface area contributed by atoms with Gasteiger partial charge in [0.25, 0.3) is 0 Å². The van der Waals surface area contributed by atoms with Gasteiger partial charge in [0.05, 0.1) is 44.5 Å². The van der Waals surface area contributed by atoms with Crippen molar-refractivity contribution in [1.82, 2.24) is 23.7 Å².